The van der Waals surface area contributed by atoms with E-state index in [0.717, 1.165) is 16.8 Å². The maximum absolute atomic E-state index is 11.7. The first-order valence-corrected chi connectivity index (χ1v) is 6.66. The highest BCUT2D eigenvalue weighted by molar-refractivity contribution is 5.86. The highest BCUT2D eigenvalue weighted by atomic mass is 16.6. The van der Waals surface area contributed by atoms with Crippen LogP contribution < -0.4 is 4.74 Å². The van der Waals surface area contributed by atoms with E-state index in [2.05, 4.69) is 9.84 Å². The number of nitrogens with zero attached hydrogens (tertiary/aromatic N) is 2. The van der Waals surface area contributed by atoms with Gasteiger partial charge in [-0.05, 0) is 31.0 Å². The van der Waals surface area contributed by atoms with Crippen molar-refractivity contribution in [2.24, 2.45) is 0 Å². The molecule has 1 heterocycles. The maximum Gasteiger partial charge on any atom is 0.377 e. The Bertz CT molecular complexity index is 704. The lowest BCUT2D eigenvalue weighted by atomic mass is 10.2. The second kappa shape index (κ2) is 6.80. The summed E-state index contributed by atoms with van der Waals surface area (Å²) < 4.78 is 16.9. The molecule has 0 N–H and O–H groups in total. The molecule has 0 bridgehead atoms. The monoisotopic (exact) mass is 302 g/mol. The fourth-order valence-corrected chi connectivity index (χ4v) is 1.84. The van der Waals surface area contributed by atoms with Crippen molar-refractivity contribution in [2.75, 3.05) is 14.2 Å². The third-order valence-electron chi connectivity index (χ3n) is 2.98. The van der Waals surface area contributed by atoms with E-state index >= 15 is 0 Å². The topological polar surface area (TPSA) is 62.6 Å². The van der Waals surface area contributed by atoms with E-state index in [1.54, 1.807) is 16.9 Å². The molecule has 0 saturated carbocycles. The van der Waals surface area contributed by atoms with Gasteiger partial charge in [0.15, 0.2) is 0 Å². The van der Waals surface area contributed by atoms with Crippen molar-refractivity contribution in [1.29, 1.82) is 0 Å². The SMILES string of the molecule is CO/C=C(\Oc1cc(-n2cc(C)cn2)ccc1C)C(=O)OC. The van der Waals surface area contributed by atoms with Crippen LogP contribution in [0, 0.1) is 13.8 Å². The molecule has 0 unspecified atom stereocenters. The minimum absolute atomic E-state index is 0.0260. The summed E-state index contributed by atoms with van der Waals surface area (Å²) in [6.45, 7) is 3.85. The molecule has 1 aromatic carbocycles. The Balaban J connectivity index is 2.34. The molecule has 0 radical (unpaired) electrons. The van der Waals surface area contributed by atoms with Crippen molar-refractivity contribution in [2.45, 2.75) is 13.8 Å². The van der Waals surface area contributed by atoms with Crippen molar-refractivity contribution in [3.63, 3.8) is 0 Å². The summed E-state index contributed by atoms with van der Waals surface area (Å²) >= 11 is 0. The fraction of sp³-hybridized carbons (Fsp3) is 0.250. The van der Waals surface area contributed by atoms with Crippen LogP contribution in [0.25, 0.3) is 5.69 Å². The van der Waals surface area contributed by atoms with Gasteiger partial charge < -0.3 is 14.2 Å². The average molecular weight is 302 g/mol. The molecule has 6 nitrogen and oxygen atoms in total. The molecule has 0 aliphatic carbocycles. The van der Waals surface area contributed by atoms with Gasteiger partial charge in [0.2, 0.25) is 5.76 Å². The summed E-state index contributed by atoms with van der Waals surface area (Å²) in [5.74, 6) is -0.108. The van der Waals surface area contributed by atoms with Crippen LogP contribution in [0.15, 0.2) is 42.6 Å². The number of hydrogen-bond acceptors (Lipinski definition) is 5. The number of hydrogen-bond donors (Lipinski definition) is 0. The normalized spacial score (nSPS) is 11.2. The number of esters is 1. The van der Waals surface area contributed by atoms with Crippen LogP contribution in [0.4, 0.5) is 0 Å². The summed E-state index contributed by atoms with van der Waals surface area (Å²) in [6.07, 6.45) is 4.88. The van der Waals surface area contributed by atoms with Gasteiger partial charge in [-0.15, -0.1) is 0 Å². The van der Waals surface area contributed by atoms with Crippen molar-refractivity contribution < 1.29 is 19.0 Å². The van der Waals surface area contributed by atoms with Crippen LogP contribution in [-0.4, -0.2) is 30.0 Å². The van der Waals surface area contributed by atoms with E-state index in [9.17, 15) is 4.79 Å². The first-order chi connectivity index (χ1) is 10.5. The van der Waals surface area contributed by atoms with Gasteiger partial charge in [-0.1, -0.05) is 6.07 Å². The number of aromatic nitrogens is 2. The summed E-state index contributed by atoms with van der Waals surface area (Å²) in [5, 5.41) is 4.25. The number of methoxy groups -OCH3 is 2. The Kier molecular flexibility index (Phi) is 4.83. The predicted molar refractivity (Wildman–Crippen MR) is 80.8 cm³/mol. The van der Waals surface area contributed by atoms with Crippen molar-refractivity contribution in [3.8, 4) is 11.4 Å². The van der Waals surface area contributed by atoms with Crippen molar-refractivity contribution in [1.82, 2.24) is 9.78 Å². The average Bonchev–Trinajstić information content (AvgIpc) is 2.94. The molecular weight excluding hydrogens is 284 g/mol. The maximum atomic E-state index is 11.7. The van der Waals surface area contributed by atoms with Crippen LogP contribution in [0.3, 0.4) is 0 Å². The summed E-state index contributed by atoms with van der Waals surface area (Å²) in [6, 6.07) is 5.62. The molecule has 22 heavy (non-hydrogen) atoms. The zero-order valence-electron chi connectivity index (χ0n) is 13.0. The molecule has 0 atom stereocenters. The van der Waals surface area contributed by atoms with Gasteiger partial charge >= 0.3 is 5.97 Å². The van der Waals surface area contributed by atoms with Gasteiger partial charge in [0.25, 0.3) is 0 Å². The molecule has 0 amide bonds. The van der Waals surface area contributed by atoms with E-state index < -0.39 is 5.97 Å². The van der Waals surface area contributed by atoms with Gasteiger partial charge in [0, 0.05) is 12.3 Å². The van der Waals surface area contributed by atoms with Crippen LogP contribution in [0.2, 0.25) is 0 Å². The Morgan fingerprint density at radius 1 is 1.27 bits per heavy atom. The van der Waals surface area contributed by atoms with Crippen LogP contribution in [-0.2, 0) is 14.3 Å². The first-order valence-electron chi connectivity index (χ1n) is 6.66. The highest BCUT2D eigenvalue weighted by Gasteiger charge is 2.15. The Hall–Kier alpha value is -2.76. The van der Waals surface area contributed by atoms with Gasteiger partial charge in [0.05, 0.1) is 26.1 Å². The van der Waals surface area contributed by atoms with E-state index in [4.69, 9.17) is 9.47 Å². The van der Waals surface area contributed by atoms with Gasteiger partial charge in [-0.25, -0.2) is 9.48 Å². The number of rotatable bonds is 5. The van der Waals surface area contributed by atoms with E-state index in [-0.39, 0.29) is 5.76 Å². The van der Waals surface area contributed by atoms with Gasteiger partial charge in [-0.3, -0.25) is 0 Å². The standard InChI is InChI=1S/C16H18N2O4/c1-11-8-17-18(9-11)13-6-5-12(2)14(7-13)22-15(10-20-3)16(19)21-4/h5-10H,1-4H3/b15-10-. The predicted octanol–water partition coefficient (Wildman–Crippen LogP) is 2.53. The second-order valence-electron chi connectivity index (χ2n) is 4.72. The summed E-state index contributed by atoms with van der Waals surface area (Å²) in [7, 11) is 2.72. The highest BCUT2D eigenvalue weighted by Crippen LogP contribution is 2.24. The molecular formula is C16H18N2O4. The molecule has 0 fully saturated rings. The number of benzene rings is 1. The van der Waals surface area contributed by atoms with Crippen LogP contribution in [0.1, 0.15) is 11.1 Å². The fourth-order valence-electron chi connectivity index (χ4n) is 1.84. The molecule has 2 aromatic rings. The smallest absolute Gasteiger partial charge is 0.377 e. The lowest BCUT2D eigenvalue weighted by Crippen LogP contribution is -2.12. The van der Waals surface area contributed by atoms with Crippen molar-refractivity contribution in [3.05, 3.63) is 53.7 Å². The lowest BCUT2D eigenvalue weighted by Gasteiger charge is -2.12. The summed E-state index contributed by atoms with van der Waals surface area (Å²) in [4.78, 5) is 11.7. The minimum Gasteiger partial charge on any atom is -0.500 e. The Labute approximate surface area is 128 Å². The van der Waals surface area contributed by atoms with E-state index in [1.807, 2.05) is 32.2 Å². The summed E-state index contributed by atoms with van der Waals surface area (Å²) in [5.41, 5.74) is 2.76. The molecule has 0 spiro atoms. The van der Waals surface area contributed by atoms with E-state index in [0.29, 0.717) is 5.75 Å². The van der Waals surface area contributed by atoms with Gasteiger partial charge in [-0.2, -0.15) is 5.10 Å². The molecule has 0 aliphatic heterocycles. The zero-order chi connectivity index (χ0) is 16.1. The largest absolute Gasteiger partial charge is 0.500 e. The zero-order valence-corrected chi connectivity index (χ0v) is 13.0. The number of aryl methyl sites for hydroxylation is 2. The van der Waals surface area contributed by atoms with Crippen molar-refractivity contribution >= 4 is 5.97 Å². The van der Waals surface area contributed by atoms with Gasteiger partial charge in [0.1, 0.15) is 12.0 Å². The first kappa shape index (κ1) is 15.6. The number of carbonyl (C=O) groups excluding carboxylic acids is 1. The lowest BCUT2D eigenvalue weighted by molar-refractivity contribution is -0.138. The molecule has 116 valence electrons. The molecule has 6 heteroatoms. The molecule has 1 aromatic heterocycles. The minimum atomic E-state index is -0.610. The van der Waals surface area contributed by atoms with E-state index in [1.165, 1.54) is 20.5 Å². The van der Waals surface area contributed by atoms with Crippen LogP contribution >= 0.6 is 0 Å². The molecule has 0 saturated heterocycles. The number of carbonyl (C=O) groups is 1. The second-order valence-corrected chi connectivity index (χ2v) is 4.72. The molecule has 0 aliphatic rings. The Morgan fingerprint density at radius 3 is 2.64 bits per heavy atom. The third-order valence-corrected chi connectivity index (χ3v) is 2.98. The quantitative estimate of drug-likeness (QED) is 0.482. The Morgan fingerprint density at radius 2 is 2.05 bits per heavy atom. The molecule has 2 rings (SSSR count). The van der Waals surface area contributed by atoms with Crippen LogP contribution in [0.5, 0.6) is 5.75 Å². The number of ether oxygens (including phenoxy) is 3. The third kappa shape index (κ3) is 3.46.